The second-order valence-electron chi connectivity index (χ2n) is 4.53. The van der Waals surface area contributed by atoms with Gasteiger partial charge in [-0.3, -0.25) is 0 Å². The van der Waals surface area contributed by atoms with Gasteiger partial charge in [-0.05, 0) is 23.8 Å². The Labute approximate surface area is 127 Å². The first-order valence-electron chi connectivity index (χ1n) is 5.97. The van der Waals surface area contributed by atoms with Crippen LogP contribution in [0.3, 0.4) is 0 Å². The molecule has 0 N–H and O–H groups in total. The van der Waals surface area contributed by atoms with Crippen molar-refractivity contribution in [3.05, 3.63) is 63.6 Å². The van der Waals surface area contributed by atoms with Crippen LogP contribution in [0.4, 0.5) is 0 Å². The van der Waals surface area contributed by atoms with E-state index in [2.05, 4.69) is 6.07 Å². The third-order valence-corrected chi connectivity index (χ3v) is 4.65. The lowest BCUT2D eigenvalue weighted by atomic mass is 9.93. The van der Waals surface area contributed by atoms with Crippen molar-refractivity contribution in [2.45, 2.75) is 11.3 Å². The van der Waals surface area contributed by atoms with Gasteiger partial charge in [-0.15, -0.1) is 11.6 Å². The van der Waals surface area contributed by atoms with Gasteiger partial charge < -0.3 is 4.74 Å². The quantitative estimate of drug-likeness (QED) is 0.670. The van der Waals surface area contributed by atoms with Crippen LogP contribution in [0.25, 0.3) is 0 Å². The number of fused-ring (bicyclic) bond motifs is 1. The Kier molecular flexibility index (Phi) is 3.62. The number of halogens is 3. The van der Waals surface area contributed by atoms with Crippen molar-refractivity contribution < 1.29 is 4.74 Å². The van der Waals surface area contributed by atoms with Crippen molar-refractivity contribution in [3.63, 3.8) is 0 Å². The molecule has 4 heteroatoms. The van der Waals surface area contributed by atoms with Crippen molar-refractivity contribution in [1.29, 1.82) is 0 Å². The third-order valence-electron chi connectivity index (χ3n) is 3.35. The normalized spacial score (nSPS) is 18.8. The lowest BCUT2D eigenvalue weighted by molar-refractivity contribution is 0.328. The van der Waals surface area contributed by atoms with Gasteiger partial charge >= 0.3 is 0 Å². The van der Waals surface area contributed by atoms with E-state index in [9.17, 15) is 0 Å². The molecule has 2 aromatic rings. The Balaban J connectivity index is 1.93. The molecular weight excluding hydrogens is 303 g/mol. The molecule has 2 atom stereocenters. The number of hydrogen-bond donors (Lipinski definition) is 0. The summed E-state index contributed by atoms with van der Waals surface area (Å²) in [6.07, 6.45) is 0. The van der Waals surface area contributed by atoms with E-state index in [1.165, 1.54) is 0 Å². The highest BCUT2D eigenvalue weighted by molar-refractivity contribution is 6.42. The van der Waals surface area contributed by atoms with E-state index in [4.69, 9.17) is 39.5 Å². The van der Waals surface area contributed by atoms with Gasteiger partial charge in [-0.1, -0.05) is 47.5 Å². The molecule has 0 saturated carbocycles. The summed E-state index contributed by atoms with van der Waals surface area (Å²) in [5.74, 6) is 1.05. The summed E-state index contributed by atoms with van der Waals surface area (Å²) in [7, 11) is 0. The van der Waals surface area contributed by atoms with Crippen molar-refractivity contribution >= 4 is 34.8 Å². The lowest BCUT2D eigenvalue weighted by Crippen LogP contribution is -2.08. The van der Waals surface area contributed by atoms with Gasteiger partial charge in [0.05, 0.1) is 22.0 Å². The fourth-order valence-electron chi connectivity index (χ4n) is 2.35. The molecule has 1 nitrogen and oxygen atoms in total. The zero-order chi connectivity index (χ0) is 13.4. The van der Waals surface area contributed by atoms with E-state index < -0.39 is 0 Å². The minimum atomic E-state index is -0.182. The van der Waals surface area contributed by atoms with Gasteiger partial charge in [0.15, 0.2) is 0 Å². The molecule has 0 fully saturated rings. The average Bonchev–Trinajstić information content (AvgIpc) is 2.85. The highest BCUT2D eigenvalue weighted by atomic mass is 35.5. The van der Waals surface area contributed by atoms with Gasteiger partial charge in [0.2, 0.25) is 0 Å². The highest BCUT2D eigenvalue weighted by Gasteiger charge is 2.31. The smallest absolute Gasteiger partial charge is 0.122 e. The monoisotopic (exact) mass is 312 g/mol. The number of benzene rings is 2. The molecule has 0 saturated heterocycles. The topological polar surface area (TPSA) is 9.23 Å². The Bertz CT molecular complexity index is 612. The molecule has 0 spiro atoms. The first kappa shape index (κ1) is 13.1. The maximum Gasteiger partial charge on any atom is 0.122 e. The van der Waals surface area contributed by atoms with Crippen LogP contribution in [0, 0.1) is 0 Å². The molecule has 98 valence electrons. The van der Waals surface area contributed by atoms with E-state index in [1.807, 2.05) is 30.3 Å². The molecule has 1 heterocycles. The van der Waals surface area contributed by atoms with E-state index in [1.54, 1.807) is 6.07 Å². The molecule has 0 bridgehead atoms. The maximum absolute atomic E-state index is 6.58. The van der Waals surface area contributed by atoms with Crippen LogP contribution < -0.4 is 4.74 Å². The Morgan fingerprint density at radius 3 is 2.63 bits per heavy atom. The van der Waals surface area contributed by atoms with E-state index in [-0.39, 0.29) is 11.3 Å². The Hall–Kier alpha value is -0.890. The summed E-state index contributed by atoms with van der Waals surface area (Å²) in [4.78, 5) is 0. The summed E-state index contributed by atoms with van der Waals surface area (Å²) < 4.78 is 5.66. The molecule has 0 aromatic heterocycles. The van der Waals surface area contributed by atoms with Crippen LogP contribution in [0.1, 0.15) is 22.4 Å². The summed E-state index contributed by atoms with van der Waals surface area (Å²) in [6.45, 7) is 0.591. The summed E-state index contributed by atoms with van der Waals surface area (Å²) >= 11 is 18.6. The van der Waals surface area contributed by atoms with Gasteiger partial charge in [0, 0.05) is 11.5 Å². The molecule has 0 radical (unpaired) electrons. The predicted molar refractivity (Wildman–Crippen MR) is 79.7 cm³/mol. The van der Waals surface area contributed by atoms with Gasteiger partial charge in [-0.25, -0.2) is 0 Å². The minimum absolute atomic E-state index is 0.134. The zero-order valence-corrected chi connectivity index (χ0v) is 12.2. The van der Waals surface area contributed by atoms with Gasteiger partial charge in [-0.2, -0.15) is 0 Å². The molecule has 0 aliphatic carbocycles. The third kappa shape index (κ3) is 2.43. The van der Waals surface area contributed by atoms with E-state index in [0.29, 0.717) is 16.7 Å². The van der Waals surface area contributed by atoms with Crippen LogP contribution in [0.5, 0.6) is 5.75 Å². The second-order valence-corrected chi connectivity index (χ2v) is 5.82. The zero-order valence-electron chi connectivity index (χ0n) is 9.95. The predicted octanol–water partition coefficient (Wildman–Crippen LogP) is 5.45. The van der Waals surface area contributed by atoms with Crippen molar-refractivity contribution in [2.24, 2.45) is 0 Å². The number of alkyl halides is 1. The number of hydrogen-bond acceptors (Lipinski definition) is 1. The minimum Gasteiger partial charge on any atom is -0.493 e. The first-order chi connectivity index (χ1) is 9.16. The Morgan fingerprint density at radius 1 is 1.05 bits per heavy atom. The summed E-state index contributed by atoms with van der Waals surface area (Å²) in [6, 6.07) is 13.5. The molecule has 1 aliphatic rings. The molecule has 19 heavy (non-hydrogen) atoms. The van der Waals surface area contributed by atoms with Crippen LogP contribution in [-0.2, 0) is 0 Å². The van der Waals surface area contributed by atoms with Crippen LogP contribution in [-0.4, -0.2) is 6.61 Å². The van der Waals surface area contributed by atoms with Crippen LogP contribution >= 0.6 is 34.8 Å². The maximum atomic E-state index is 6.58. The van der Waals surface area contributed by atoms with Crippen LogP contribution in [0.15, 0.2) is 42.5 Å². The SMILES string of the molecule is Clc1ccc(C(Cl)C2COc3ccccc32)cc1Cl. The largest absolute Gasteiger partial charge is 0.493 e. The van der Waals surface area contributed by atoms with E-state index in [0.717, 1.165) is 16.9 Å². The fourth-order valence-corrected chi connectivity index (χ4v) is 3.00. The number of para-hydroxylation sites is 1. The van der Waals surface area contributed by atoms with Gasteiger partial charge in [0.25, 0.3) is 0 Å². The average molecular weight is 314 g/mol. The lowest BCUT2D eigenvalue weighted by Gasteiger charge is -2.17. The molecule has 0 amide bonds. The number of ether oxygens (including phenoxy) is 1. The molecular formula is C15H11Cl3O. The van der Waals surface area contributed by atoms with Crippen molar-refractivity contribution in [2.75, 3.05) is 6.61 Å². The first-order valence-corrected chi connectivity index (χ1v) is 7.17. The molecule has 1 aliphatic heterocycles. The fraction of sp³-hybridized carbons (Fsp3) is 0.200. The molecule has 2 aromatic carbocycles. The van der Waals surface area contributed by atoms with Crippen LogP contribution in [0.2, 0.25) is 10.0 Å². The number of rotatable bonds is 2. The van der Waals surface area contributed by atoms with Crippen molar-refractivity contribution in [1.82, 2.24) is 0 Å². The standard InChI is InChI=1S/C15H11Cl3O/c16-12-6-5-9(7-13(12)17)15(18)11-8-19-14-4-2-1-3-10(11)14/h1-7,11,15H,8H2. The van der Waals surface area contributed by atoms with Crippen molar-refractivity contribution in [3.8, 4) is 5.75 Å². The second kappa shape index (κ2) is 5.24. The Morgan fingerprint density at radius 2 is 1.84 bits per heavy atom. The van der Waals surface area contributed by atoms with Gasteiger partial charge in [0.1, 0.15) is 5.75 Å². The van der Waals surface area contributed by atoms with E-state index >= 15 is 0 Å². The molecule has 3 rings (SSSR count). The summed E-state index contributed by atoms with van der Waals surface area (Å²) in [5, 5.41) is 0.882. The summed E-state index contributed by atoms with van der Waals surface area (Å²) in [5.41, 5.74) is 2.11. The highest BCUT2D eigenvalue weighted by Crippen LogP contribution is 2.45. The molecule has 2 unspecified atom stereocenters.